The molecule has 0 saturated heterocycles. The van der Waals surface area contributed by atoms with Crippen molar-refractivity contribution in [1.29, 1.82) is 0 Å². The smallest absolute Gasteiger partial charge is 0.322 e. The van der Waals surface area contributed by atoms with E-state index in [9.17, 15) is 0 Å². The lowest BCUT2D eigenvalue weighted by Gasteiger charge is -2.06. The zero-order chi connectivity index (χ0) is 13.0. The van der Waals surface area contributed by atoms with E-state index in [-0.39, 0.29) is 11.3 Å². The molecule has 2 aromatic rings. The summed E-state index contributed by atoms with van der Waals surface area (Å²) in [7, 11) is 1.47. The minimum absolute atomic E-state index is 0.0848. The number of nitrogens with one attached hydrogen (secondary N) is 1. The SMILES string of the molecule is COc1nc(Cl)nc(NCc2cccc(C)n2)n1. The number of rotatable bonds is 4. The Labute approximate surface area is 109 Å². The van der Waals surface area contributed by atoms with Gasteiger partial charge in [-0.15, -0.1) is 0 Å². The van der Waals surface area contributed by atoms with Crippen LogP contribution in [0.15, 0.2) is 18.2 Å². The van der Waals surface area contributed by atoms with Crippen LogP contribution in [0.2, 0.25) is 5.28 Å². The maximum absolute atomic E-state index is 5.74. The van der Waals surface area contributed by atoms with E-state index in [2.05, 4.69) is 25.3 Å². The minimum Gasteiger partial charge on any atom is -0.467 e. The monoisotopic (exact) mass is 265 g/mol. The maximum Gasteiger partial charge on any atom is 0.322 e. The van der Waals surface area contributed by atoms with Crippen LogP contribution in [-0.2, 0) is 6.54 Å². The van der Waals surface area contributed by atoms with Crippen molar-refractivity contribution >= 4 is 17.5 Å². The van der Waals surface area contributed by atoms with Crippen molar-refractivity contribution in [3.05, 3.63) is 34.9 Å². The molecule has 94 valence electrons. The van der Waals surface area contributed by atoms with Crippen molar-refractivity contribution in [2.24, 2.45) is 0 Å². The molecule has 2 aromatic heterocycles. The predicted molar refractivity (Wildman–Crippen MR) is 67.7 cm³/mol. The first kappa shape index (κ1) is 12.5. The van der Waals surface area contributed by atoms with E-state index in [4.69, 9.17) is 16.3 Å². The van der Waals surface area contributed by atoms with Gasteiger partial charge in [-0.05, 0) is 30.7 Å². The molecular formula is C11H12ClN5O. The molecule has 0 saturated carbocycles. The fourth-order valence-electron chi connectivity index (χ4n) is 1.37. The zero-order valence-corrected chi connectivity index (χ0v) is 10.8. The standard InChI is InChI=1S/C11H12ClN5O/c1-7-4-3-5-8(14-7)6-13-10-15-9(12)16-11(17-10)18-2/h3-5H,6H2,1-2H3,(H,13,15,16,17). The topological polar surface area (TPSA) is 72.8 Å². The Bertz CT molecular complexity index is 549. The molecular weight excluding hydrogens is 254 g/mol. The van der Waals surface area contributed by atoms with Crippen molar-refractivity contribution in [3.63, 3.8) is 0 Å². The number of methoxy groups -OCH3 is 1. The first-order valence-electron chi connectivity index (χ1n) is 5.29. The van der Waals surface area contributed by atoms with Crippen LogP contribution in [0.3, 0.4) is 0 Å². The van der Waals surface area contributed by atoms with E-state index in [0.717, 1.165) is 11.4 Å². The van der Waals surface area contributed by atoms with Gasteiger partial charge in [0.15, 0.2) is 0 Å². The highest BCUT2D eigenvalue weighted by Gasteiger charge is 2.05. The Kier molecular flexibility index (Phi) is 3.88. The number of halogens is 1. The number of hydrogen-bond acceptors (Lipinski definition) is 6. The molecule has 0 radical (unpaired) electrons. The van der Waals surface area contributed by atoms with E-state index in [1.807, 2.05) is 25.1 Å². The molecule has 2 heterocycles. The maximum atomic E-state index is 5.74. The molecule has 0 aromatic carbocycles. The van der Waals surface area contributed by atoms with Crippen molar-refractivity contribution in [3.8, 4) is 6.01 Å². The number of nitrogens with zero attached hydrogens (tertiary/aromatic N) is 4. The molecule has 0 fully saturated rings. The highest BCUT2D eigenvalue weighted by Crippen LogP contribution is 2.11. The quantitative estimate of drug-likeness (QED) is 0.910. The van der Waals surface area contributed by atoms with Crippen molar-refractivity contribution < 1.29 is 4.74 Å². The first-order valence-corrected chi connectivity index (χ1v) is 5.67. The normalized spacial score (nSPS) is 10.2. The van der Waals surface area contributed by atoms with Crippen LogP contribution in [-0.4, -0.2) is 27.0 Å². The number of anilines is 1. The number of aromatic nitrogens is 4. The van der Waals surface area contributed by atoms with Crippen molar-refractivity contribution in [2.45, 2.75) is 13.5 Å². The van der Waals surface area contributed by atoms with Gasteiger partial charge in [-0.3, -0.25) is 4.98 Å². The van der Waals surface area contributed by atoms with Crippen LogP contribution >= 0.6 is 11.6 Å². The summed E-state index contributed by atoms with van der Waals surface area (Å²) >= 11 is 5.74. The Morgan fingerprint density at radius 3 is 2.78 bits per heavy atom. The fourth-order valence-corrected chi connectivity index (χ4v) is 1.52. The third kappa shape index (κ3) is 3.27. The lowest BCUT2D eigenvalue weighted by molar-refractivity contribution is 0.379. The first-order chi connectivity index (χ1) is 8.67. The summed E-state index contributed by atoms with van der Waals surface area (Å²) < 4.78 is 4.90. The number of hydrogen-bond donors (Lipinski definition) is 1. The summed E-state index contributed by atoms with van der Waals surface area (Å²) in [5, 5.41) is 3.10. The molecule has 18 heavy (non-hydrogen) atoms. The Hall–Kier alpha value is -1.95. The summed E-state index contributed by atoms with van der Waals surface area (Å²) in [6.07, 6.45) is 0. The second-order valence-electron chi connectivity index (χ2n) is 3.54. The second kappa shape index (κ2) is 5.59. The Morgan fingerprint density at radius 2 is 2.06 bits per heavy atom. The molecule has 0 aliphatic heterocycles. The third-order valence-electron chi connectivity index (χ3n) is 2.14. The third-order valence-corrected chi connectivity index (χ3v) is 2.31. The van der Waals surface area contributed by atoms with Gasteiger partial charge in [0.25, 0.3) is 0 Å². The molecule has 0 amide bonds. The largest absolute Gasteiger partial charge is 0.467 e. The highest BCUT2D eigenvalue weighted by molar-refractivity contribution is 6.28. The molecule has 0 aliphatic carbocycles. The summed E-state index contributed by atoms with van der Waals surface area (Å²) in [6.45, 7) is 2.44. The number of aryl methyl sites for hydroxylation is 1. The van der Waals surface area contributed by atoms with Gasteiger partial charge in [0.2, 0.25) is 11.2 Å². The van der Waals surface area contributed by atoms with Gasteiger partial charge in [0.05, 0.1) is 19.3 Å². The summed E-state index contributed by atoms with van der Waals surface area (Å²) in [5.41, 5.74) is 1.85. The van der Waals surface area contributed by atoms with Crippen molar-refractivity contribution in [1.82, 2.24) is 19.9 Å². The van der Waals surface area contributed by atoms with E-state index in [1.54, 1.807) is 0 Å². The Morgan fingerprint density at radius 1 is 1.22 bits per heavy atom. The van der Waals surface area contributed by atoms with Crippen LogP contribution in [0.5, 0.6) is 6.01 Å². The lowest BCUT2D eigenvalue weighted by atomic mass is 10.3. The van der Waals surface area contributed by atoms with Gasteiger partial charge in [0.1, 0.15) is 0 Å². The van der Waals surface area contributed by atoms with Crippen molar-refractivity contribution in [2.75, 3.05) is 12.4 Å². The molecule has 2 rings (SSSR count). The second-order valence-corrected chi connectivity index (χ2v) is 3.88. The van der Waals surface area contributed by atoms with Crippen LogP contribution in [0, 0.1) is 6.92 Å². The average molecular weight is 266 g/mol. The molecule has 0 bridgehead atoms. The molecule has 0 unspecified atom stereocenters. The van der Waals surface area contributed by atoms with Crippen LogP contribution in [0.4, 0.5) is 5.95 Å². The van der Waals surface area contributed by atoms with Gasteiger partial charge in [-0.1, -0.05) is 6.07 Å². The minimum atomic E-state index is 0.0848. The summed E-state index contributed by atoms with van der Waals surface area (Å²) in [6, 6.07) is 5.97. The summed E-state index contributed by atoms with van der Waals surface area (Å²) in [4.78, 5) is 16.1. The van der Waals surface area contributed by atoms with Gasteiger partial charge < -0.3 is 10.1 Å². The molecule has 0 atom stereocenters. The average Bonchev–Trinajstić information content (AvgIpc) is 2.36. The van der Waals surface area contributed by atoms with Gasteiger partial charge >= 0.3 is 6.01 Å². The van der Waals surface area contributed by atoms with Gasteiger partial charge in [-0.2, -0.15) is 15.0 Å². The predicted octanol–water partition coefficient (Wildman–Crippen LogP) is 1.85. The van der Waals surface area contributed by atoms with E-state index in [0.29, 0.717) is 12.5 Å². The van der Waals surface area contributed by atoms with E-state index < -0.39 is 0 Å². The fraction of sp³-hybridized carbons (Fsp3) is 0.273. The van der Waals surface area contributed by atoms with Gasteiger partial charge in [0, 0.05) is 5.69 Å². The van der Waals surface area contributed by atoms with Gasteiger partial charge in [-0.25, -0.2) is 0 Å². The molecule has 0 aliphatic rings. The molecule has 7 heteroatoms. The number of ether oxygens (including phenoxy) is 1. The molecule has 6 nitrogen and oxygen atoms in total. The highest BCUT2D eigenvalue weighted by atomic mass is 35.5. The molecule has 1 N–H and O–H groups in total. The van der Waals surface area contributed by atoms with Crippen LogP contribution in [0.1, 0.15) is 11.4 Å². The Balaban J connectivity index is 2.08. The van der Waals surface area contributed by atoms with E-state index in [1.165, 1.54) is 7.11 Å². The van der Waals surface area contributed by atoms with Crippen LogP contribution < -0.4 is 10.1 Å². The lowest BCUT2D eigenvalue weighted by Crippen LogP contribution is -2.07. The molecule has 0 spiro atoms. The number of pyridine rings is 1. The van der Waals surface area contributed by atoms with E-state index >= 15 is 0 Å². The summed E-state index contributed by atoms with van der Waals surface area (Å²) in [5.74, 6) is 0.357. The zero-order valence-electron chi connectivity index (χ0n) is 10.0. The van der Waals surface area contributed by atoms with Crippen LogP contribution in [0.25, 0.3) is 0 Å².